The van der Waals surface area contributed by atoms with Crippen molar-refractivity contribution in [2.75, 3.05) is 31.2 Å². The Hall–Kier alpha value is -3.37. The zero-order valence-corrected chi connectivity index (χ0v) is 19.1. The molecule has 4 nitrogen and oxygen atoms in total. The molecule has 1 aliphatic carbocycles. The van der Waals surface area contributed by atoms with Gasteiger partial charge < -0.3 is 9.64 Å². The highest BCUT2D eigenvalue weighted by atomic mass is 16.5. The molecule has 2 aliphatic rings. The van der Waals surface area contributed by atoms with E-state index in [-0.39, 0.29) is 0 Å². The van der Waals surface area contributed by atoms with Crippen molar-refractivity contribution in [3.05, 3.63) is 95.6 Å². The summed E-state index contributed by atoms with van der Waals surface area (Å²) in [5, 5.41) is 5.04. The van der Waals surface area contributed by atoms with Crippen molar-refractivity contribution in [3.63, 3.8) is 0 Å². The molecule has 1 saturated heterocycles. The lowest BCUT2D eigenvalue weighted by Gasteiger charge is -2.29. The lowest BCUT2D eigenvalue weighted by atomic mass is 9.94. The van der Waals surface area contributed by atoms with Crippen LogP contribution in [0.15, 0.2) is 78.9 Å². The molecule has 1 fully saturated rings. The van der Waals surface area contributed by atoms with Gasteiger partial charge in [0.15, 0.2) is 0 Å². The highest BCUT2D eigenvalue weighted by Crippen LogP contribution is 2.40. The molecular formula is C29H29N3O. The van der Waals surface area contributed by atoms with Crippen LogP contribution in [0.5, 0.6) is 0 Å². The molecule has 0 saturated carbocycles. The molecule has 1 unspecified atom stereocenters. The maximum atomic E-state index is 5.63. The van der Waals surface area contributed by atoms with Crippen LogP contribution in [0, 0.1) is 6.92 Å². The first-order chi connectivity index (χ1) is 16.2. The Morgan fingerprint density at radius 2 is 1.67 bits per heavy atom. The van der Waals surface area contributed by atoms with Crippen molar-refractivity contribution in [1.29, 1.82) is 0 Å². The Balaban J connectivity index is 1.39. The van der Waals surface area contributed by atoms with Crippen LogP contribution < -0.4 is 4.90 Å². The number of aryl methyl sites for hydroxylation is 1. The van der Waals surface area contributed by atoms with Crippen molar-refractivity contribution in [1.82, 2.24) is 9.61 Å². The first-order valence-electron chi connectivity index (χ1n) is 11.9. The van der Waals surface area contributed by atoms with Gasteiger partial charge in [0.2, 0.25) is 0 Å². The number of fused-ring (bicyclic) bond motifs is 1. The zero-order chi connectivity index (χ0) is 22.2. The first-order valence-corrected chi connectivity index (χ1v) is 11.9. The molecular weight excluding hydrogens is 406 g/mol. The minimum atomic E-state index is 0.503. The van der Waals surface area contributed by atoms with Crippen LogP contribution in [0.4, 0.5) is 5.82 Å². The molecule has 1 atom stereocenters. The average Bonchev–Trinajstić information content (AvgIpc) is 3.53. The van der Waals surface area contributed by atoms with Crippen molar-refractivity contribution in [2.45, 2.75) is 25.7 Å². The number of hydrogen-bond donors (Lipinski definition) is 0. The quantitative estimate of drug-likeness (QED) is 0.387. The second-order valence-electron chi connectivity index (χ2n) is 9.21. The van der Waals surface area contributed by atoms with Crippen LogP contribution >= 0.6 is 0 Å². The van der Waals surface area contributed by atoms with Gasteiger partial charge in [-0.05, 0) is 60.6 Å². The van der Waals surface area contributed by atoms with Gasteiger partial charge in [0, 0.05) is 18.7 Å². The molecule has 0 amide bonds. The van der Waals surface area contributed by atoms with Gasteiger partial charge >= 0.3 is 0 Å². The highest BCUT2D eigenvalue weighted by Gasteiger charge is 2.24. The number of benzene rings is 2. The SMILES string of the molecule is Cc1ccc(-c2cc3cc(C4CC=C(c5ccccc5)C4)cc(N4CCOCC4)n3n2)cc1. The summed E-state index contributed by atoms with van der Waals surface area (Å²) in [5.41, 5.74) is 8.83. The Kier molecular flexibility index (Phi) is 5.23. The van der Waals surface area contributed by atoms with Crippen LogP contribution in [0.1, 0.15) is 35.4 Å². The molecule has 2 aromatic heterocycles. The Morgan fingerprint density at radius 1 is 0.879 bits per heavy atom. The van der Waals surface area contributed by atoms with E-state index in [0.29, 0.717) is 5.92 Å². The van der Waals surface area contributed by atoms with Crippen LogP contribution in [0.3, 0.4) is 0 Å². The van der Waals surface area contributed by atoms with E-state index >= 15 is 0 Å². The number of hydrogen-bond acceptors (Lipinski definition) is 3. The van der Waals surface area contributed by atoms with Crippen molar-refractivity contribution in [3.8, 4) is 11.3 Å². The van der Waals surface area contributed by atoms with Crippen molar-refractivity contribution in [2.24, 2.45) is 0 Å². The molecule has 0 spiro atoms. The summed E-state index contributed by atoms with van der Waals surface area (Å²) in [6.07, 6.45) is 4.59. The number of ether oxygens (including phenoxy) is 1. The topological polar surface area (TPSA) is 29.8 Å². The van der Waals surface area contributed by atoms with E-state index in [1.165, 1.54) is 28.1 Å². The van der Waals surface area contributed by atoms with Gasteiger partial charge in [-0.3, -0.25) is 0 Å². The van der Waals surface area contributed by atoms with Crippen molar-refractivity contribution < 1.29 is 4.74 Å². The minimum Gasteiger partial charge on any atom is -0.378 e. The Labute approximate surface area is 195 Å². The second kappa shape index (κ2) is 8.53. The fraction of sp³-hybridized carbons (Fsp3) is 0.276. The van der Waals surface area contributed by atoms with Crippen molar-refractivity contribution >= 4 is 16.9 Å². The largest absolute Gasteiger partial charge is 0.378 e. The van der Waals surface area contributed by atoms with Gasteiger partial charge in [0.1, 0.15) is 5.82 Å². The molecule has 6 rings (SSSR count). The fourth-order valence-corrected chi connectivity index (χ4v) is 5.08. The minimum absolute atomic E-state index is 0.503. The summed E-state index contributed by atoms with van der Waals surface area (Å²) < 4.78 is 7.76. The first kappa shape index (κ1) is 20.3. The summed E-state index contributed by atoms with van der Waals surface area (Å²) in [4.78, 5) is 2.42. The van der Waals surface area contributed by atoms with E-state index in [9.17, 15) is 0 Å². The van der Waals surface area contributed by atoms with E-state index in [2.05, 4.69) is 95.2 Å². The zero-order valence-electron chi connectivity index (χ0n) is 19.1. The van der Waals surface area contributed by atoms with Gasteiger partial charge in [0.05, 0.1) is 24.4 Å². The van der Waals surface area contributed by atoms with Gasteiger partial charge in [0.25, 0.3) is 0 Å². The molecule has 4 aromatic rings. The van der Waals surface area contributed by atoms with Crippen LogP contribution in [-0.4, -0.2) is 35.9 Å². The third-order valence-electron chi connectivity index (χ3n) is 6.98. The predicted octanol–water partition coefficient (Wildman–Crippen LogP) is 6.11. The van der Waals surface area contributed by atoms with Crippen LogP contribution in [0.25, 0.3) is 22.3 Å². The number of nitrogens with zero attached hydrogens (tertiary/aromatic N) is 3. The van der Waals surface area contributed by atoms with E-state index < -0.39 is 0 Å². The summed E-state index contributed by atoms with van der Waals surface area (Å²) in [6.45, 7) is 5.45. The lowest BCUT2D eigenvalue weighted by Crippen LogP contribution is -2.37. The number of pyridine rings is 1. The van der Waals surface area contributed by atoms with Gasteiger partial charge in [-0.1, -0.05) is 66.2 Å². The Morgan fingerprint density at radius 3 is 2.45 bits per heavy atom. The van der Waals surface area contributed by atoms with Crippen LogP contribution in [-0.2, 0) is 4.74 Å². The van der Waals surface area contributed by atoms with Gasteiger partial charge in [-0.25, -0.2) is 4.52 Å². The van der Waals surface area contributed by atoms with Gasteiger partial charge in [-0.2, -0.15) is 5.10 Å². The van der Waals surface area contributed by atoms with E-state index in [4.69, 9.17) is 9.84 Å². The highest BCUT2D eigenvalue weighted by molar-refractivity contribution is 5.72. The summed E-state index contributed by atoms with van der Waals surface area (Å²) in [7, 11) is 0. The molecule has 0 bridgehead atoms. The number of anilines is 1. The second-order valence-corrected chi connectivity index (χ2v) is 9.21. The smallest absolute Gasteiger partial charge is 0.131 e. The molecule has 33 heavy (non-hydrogen) atoms. The molecule has 2 aromatic carbocycles. The Bertz CT molecular complexity index is 1300. The molecule has 166 valence electrons. The van der Waals surface area contributed by atoms with E-state index in [1.807, 2.05) is 0 Å². The number of aromatic nitrogens is 2. The predicted molar refractivity (Wildman–Crippen MR) is 135 cm³/mol. The van der Waals surface area contributed by atoms with E-state index in [0.717, 1.165) is 55.9 Å². The number of allylic oxidation sites excluding steroid dienone is 2. The van der Waals surface area contributed by atoms with E-state index in [1.54, 1.807) is 0 Å². The summed E-state index contributed by atoms with van der Waals surface area (Å²) >= 11 is 0. The fourth-order valence-electron chi connectivity index (χ4n) is 5.08. The molecule has 3 heterocycles. The standard InChI is InChI=1S/C29H29N3O/c1-21-7-9-23(10-8-21)28-20-27-18-26(19-29(32(27)30-28)31-13-15-33-16-14-31)25-12-11-24(17-25)22-5-3-2-4-6-22/h2-11,18-20,25H,12-17H2,1H3. The monoisotopic (exact) mass is 435 g/mol. The molecule has 4 heteroatoms. The normalized spacial score (nSPS) is 18.6. The number of morpholine rings is 1. The lowest BCUT2D eigenvalue weighted by molar-refractivity contribution is 0.122. The number of rotatable bonds is 4. The molecule has 1 aliphatic heterocycles. The summed E-state index contributed by atoms with van der Waals surface area (Å²) in [5.74, 6) is 1.68. The van der Waals surface area contributed by atoms with Gasteiger partial charge in [-0.15, -0.1) is 0 Å². The summed E-state index contributed by atoms with van der Waals surface area (Å²) in [6, 6.07) is 26.4. The van der Waals surface area contributed by atoms with Crippen LogP contribution in [0.2, 0.25) is 0 Å². The molecule has 0 radical (unpaired) electrons. The average molecular weight is 436 g/mol. The molecule has 0 N–H and O–H groups in total. The maximum absolute atomic E-state index is 5.63. The third-order valence-corrected chi connectivity index (χ3v) is 6.98. The third kappa shape index (κ3) is 3.96. The maximum Gasteiger partial charge on any atom is 0.131 e.